The fourth-order valence-corrected chi connectivity index (χ4v) is 1.45. The van der Waals surface area contributed by atoms with Gasteiger partial charge in [-0.15, -0.1) is 0 Å². The van der Waals surface area contributed by atoms with Gasteiger partial charge in [-0.3, -0.25) is 15.0 Å². The monoisotopic (exact) mass is 225 g/mol. The number of rotatable bonds is 1. The number of imide groups is 1. The summed E-state index contributed by atoms with van der Waals surface area (Å²) in [5.74, 6) is -0.252. The van der Waals surface area contributed by atoms with E-state index in [4.69, 9.17) is 11.6 Å². The molecule has 1 aromatic rings. The van der Waals surface area contributed by atoms with Gasteiger partial charge in [0.1, 0.15) is 5.15 Å². The third-order valence-corrected chi connectivity index (χ3v) is 2.30. The minimum atomic E-state index is -0.421. The van der Waals surface area contributed by atoms with Gasteiger partial charge in [-0.1, -0.05) is 11.6 Å². The molecular formula is C9H8ClN3O2. The highest BCUT2D eigenvalue weighted by molar-refractivity contribution is 6.29. The van der Waals surface area contributed by atoms with E-state index < -0.39 is 6.03 Å². The maximum absolute atomic E-state index is 11.4. The Bertz CT molecular complexity index is 404. The number of pyridine rings is 1. The number of hydrogen-bond donors (Lipinski definition) is 1. The number of nitrogens with zero attached hydrogens (tertiary/aromatic N) is 2. The number of anilines is 1. The molecule has 0 aromatic carbocycles. The summed E-state index contributed by atoms with van der Waals surface area (Å²) in [7, 11) is 0. The van der Waals surface area contributed by atoms with Gasteiger partial charge >= 0.3 is 6.03 Å². The molecule has 1 aromatic heterocycles. The highest BCUT2D eigenvalue weighted by Gasteiger charge is 2.24. The van der Waals surface area contributed by atoms with E-state index in [9.17, 15) is 9.59 Å². The molecule has 1 aliphatic rings. The van der Waals surface area contributed by atoms with Crippen LogP contribution in [0.3, 0.4) is 0 Å². The van der Waals surface area contributed by atoms with Crippen LogP contribution in [-0.4, -0.2) is 23.5 Å². The molecule has 1 aliphatic heterocycles. The molecule has 0 saturated carbocycles. The van der Waals surface area contributed by atoms with Gasteiger partial charge < -0.3 is 0 Å². The van der Waals surface area contributed by atoms with Crippen molar-refractivity contribution in [3.8, 4) is 0 Å². The zero-order valence-electron chi connectivity index (χ0n) is 7.74. The van der Waals surface area contributed by atoms with Crippen LogP contribution < -0.4 is 10.2 Å². The van der Waals surface area contributed by atoms with Gasteiger partial charge in [-0.05, 0) is 12.1 Å². The van der Waals surface area contributed by atoms with Crippen molar-refractivity contribution in [2.45, 2.75) is 6.42 Å². The number of hydrogen-bond acceptors (Lipinski definition) is 3. The predicted molar refractivity (Wildman–Crippen MR) is 54.7 cm³/mol. The lowest BCUT2D eigenvalue weighted by Gasteiger charge is -2.26. The third-order valence-electron chi connectivity index (χ3n) is 2.08. The molecule has 1 saturated heterocycles. The lowest BCUT2D eigenvalue weighted by Crippen LogP contribution is -2.49. The van der Waals surface area contributed by atoms with Crippen LogP contribution in [0.2, 0.25) is 5.15 Å². The molecule has 2 rings (SSSR count). The number of nitrogens with one attached hydrogen (secondary N) is 1. The maximum Gasteiger partial charge on any atom is 0.328 e. The first-order valence-corrected chi connectivity index (χ1v) is 4.77. The van der Waals surface area contributed by atoms with Crippen LogP contribution in [0.25, 0.3) is 0 Å². The second-order valence-corrected chi connectivity index (χ2v) is 3.48. The van der Waals surface area contributed by atoms with Crippen molar-refractivity contribution in [1.82, 2.24) is 10.3 Å². The fourth-order valence-electron chi connectivity index (χ4n) is 1.34. The number of urea groups is 1. The van der Waals surface area contributed by atoms with Crippen LogP contribution in [0, 0.1) is 0 Å². The predicted octanol–water partition coefficient (Wildman–Crippen LogP) is 1.18. The smallest absolute Gasteiger partial charge is 0.292 e. The van der Waals surface area contributed by atoms with Crippen molar-refractivity contribution in [3.63, 3.8) is 0 Å². The Hall–Kier alpha value is -1.62. The summed E-state index contributed by atoms with van der Waals surface area (Å²) in [6.45, 7) is 0.369. The highest BCUT2D eigenvalue weighted by Crippen LogP contribution is 2.17. The van der Waals surface area contributed by atoms with E-state index in [1.54, 1.807) is 12.1 Å². The number of halogens is 1. The minimum Gasteiger partial charge on any atom is -0.292 e. The molecule has 2 heterocycles. The summed E-state index contributed by atoms with van der Waals surface area (Å²) in [5, 5.41) is 2.60. The van der Waals surface area contributed by atoms with E-state index in [0.29, 0.717) is 23.8 Å². The zero-order valence-corrected chi connectivity index (χ0v) is 8.49. The zero-order chi connectivity index (χ0) is 10.8. The van der Waals surface area contributed by atoms with Gasteiger partial charge in [0.25, 0.3) is 0 Å². The Morgan fingerprint density at radius 1 is 1.40 bits per heavy atom. The Morgan fingerprint density at radius 3 is 2.80 bits per heavy atom. The quantitative estimate of drug-likeness (QED) is 0.730. The summed E-state index contributed by atoms with van der Waals surface area (Å²) < 4.78 is 0. The molecule has 0 aliphatic carbocycles. The molecule has 1 N–H and O–H groups in total. The van der Waals surface area contributed by atoms with E-state index in [1.807, 2.05) is 0 Å². The second kappa shape index (κ2) is 3.86. The summed E-state index contributed by atoms with van der Waals surface area (Å²) in [5.41, 5.74) is 0.629. The van der Waals surface area contributed by atoms with Gasteiger partial charge in [0.05, 0.1) is 11.9 Å². The Kier molecular flexibility index (Phi) is 2.55. The summed E-state index contributed by atoms with van der Waals surface area (Å²) in [6, 6.07) is 2.86. The number of carbonyl (C=O) groups excluding carboxylic acids is 2. The summed E-state index contributed by atoms with van der Waals surface area (Å²) >= 11 is 5.63. The second-order valence-electron chi connectivity index (χ2n) is 3.09. The number of amides is 3. The van der Waals surface area contributed by atoms with Crippen molar-refractivity contribution < 1.29 is 9.59 Å². The van der Waals surface area contributed by atoms with E-state index in [1.165, 1.54) is 11.1 Å². The lowest BCUT2D eigenvalue weighted by molar-refractivity contribution is -0.120. The van der Waals surface area contributed by atoms with Gasteiger partial charge in [0.15, 0.2) is 0 Å². The van der Waals surface area contributed by atoms with E-state index >= 15 is 0 Å². The van der Waals surface area contributed by atoms with Gasteiger partial charge in [0, 0.05) is 13.0 Å². The Balaban J connectivity index is 2.20. The van der Waals surface area contributed by atoms with Gasteiger partial charge in [-0.2, -0.15) is 0 Å². The normalized spacial score (nSPS) is 16.5. The van der Waals surface area contributed by atoms with Crippen molar-refractivity contribution >= 4 is 29.2 Å². The number of aromatic nitrogens is 1. The molecule has 15 heavy (non-hydrogen) atoms. The Morgan fingerprint density at radius 2 is 2.20 bits per heavy atom. The molecule has 0 spiro atoms. The molecule has 0 radical (unpaired) electrons. The van der Waals surface area contributed by atoms with E-state index in [0.717, 1.165) is 0 Å². The first kappa shape index (κ1) is 9.92. The third kappa shape index (κ3) is 2.07. The molecule has 78 valence electrons. The lowest BCUT2D eigenvalue weighted by atomic mass is 10.3. The van der Waals surface area contributed by atoms with Crippen molar-refractivity contribution in [3.05, 3.63) is 23.5 Å². The van der Waals surface area contributed by atoms with Gasteiger partial charge in [0.2, 0.25) is 5.91 Å². The average Bonchev–Trinajstić information content (AvgIpc) is 2.20. The first-order valence-electron chi connectivity index (χ1n) is 4.40. The van der Waals surface area contributed by atoms with Crippen molar-refractivity contribution in [2.75, 3.05) is 11.4 Å². The van der Waals surface area contributed by atoms with Crippen LogP contribution in [0.1, 0.15) is 6.42 Å². The van der Waals surface area contributed by atoms with Crippen LogP contribution in [0.4, 0.5) is 10.5 Å². The van der Waals surface area contributed by atoms with E-state index in [-0.39, 0.29) is 5.91 Å². The first-order chi connectivity index (χ1) is 7.16. The molecule has 3 amide bonds. The van der Waals surface area contributed by atoms with Crippen molar-refractivity contribution in [1.29, 1.82) is 0 Å². The molecular weight excluding hydrogens is 218 g/mol. The average molecular weight is 226 g/mol. The Labute approximate surface area is 91.0 Å². The standard InChI is InChI=1S/C9H8ClN3O2/c10-7-2-1-6(5-11-7)13-4-3-8(14)12-9(13)15/h1-2,5H,3-4H2,(H,12,14,15). The largest absolute Gasteiger partial charge is 0.328 e. The van der Waals surface area contributed by atoms with Crippen LogP contribution >= 0.6 is 11.6 Å². The molecule has 0 atom stereocenters. The van der Waals surface area contributed by atoms with Gasteiger partial charge in [-0.25, -0.2) is 9.78 Å². The van der Waals surface area contributed by atoms with Crippen LogP contribution in [0.5, 0.6) is 0 Å². The molecule has 6 heteroatoms. The van der Waals surface area contributed by atoms with Crippen molar-refractivity contribution in [2.24, 2.45) is 0 Å². The summed E-state index contributed by atoms with van der Waals surface area (Å²) in [4.78, 5) is 27.6. The van der Waals surface area contributed by atoms with E-state index in [2.05, 4.69) is 10.3 Å². The molecule has 0 unspecified atom stereocenters. The summed E-state index contributed by atoms with van der Waals surface area (Å²) in [6.07, 6.45) is 1.80. The molecule has 0 bridgehead atoms. The van der Waals surface area contributed by atoms with Crippen LogP contribution in [0.15, 0.2) is 18.3 Å². The highest BCUT2D eigenvalue weighted by atomic mass is 35.5. The molecule has 1 fully saturated rings. The SMILES string of the molecule is O=C1CCN(c2ccc(Cl)nc2)C(=O)N1. The number of carbonyl (C=O) groups is 2. The topological polar surface area (TPSA) is 62.3 Å². The minimum absolute atomic E-state index is 0.252. The maximum atomic E-state index is 11.4. The van der Waals surface area contributed by atoms with Crippen LogP contribution in [-0.2, 0) is 4.79 Å². The molecule has 5 nitrogen and oxygen atoms in total. The fraction of sp³-hybridized carbons (Fsp3) is 0.222.